The topological polar surface area (TPSA) is 109 Å². The number of hydrogen-bond donors (Lipinski definition) is 3. The molecule has 0 fully saturated rings. The van der Waals surface area contributed by atoms with Crippen LogP contribution >= 0.6 is 0 Å². The molecule has 0 saturated carbocycles. The smallest absolute Gasteiger partial charge is 0.357 e. The number of rotatable bonds is 6. The van der Waals surface area contributed by atoms with Crippen LogP contribution in [0.5, 0.6) is 0 Å². The monoisotopic (exact) mass is 486 g/mol. The van der Waals surface area contributed by atoms with Crippen LogP contribution in [0.15, 0.2) is 24.3 Å². The summed E-state index contributed by atoms with van der Waals surface area (Å²) in [4.78, 5) is 49.7. The maximum atomic E-state index is 13.5. The highest BCUT2D eigenvalue weighted by Crippen LogP contribution is 2.31. The molecule has 0 radical (unpaired) electrons. The second-order valence-corrected chi connectivity index (χ2v) is 7.71. The maximum Gasteiger partial charge on any atom is 0.420 e. The van der Waals surface area contributed by atoms with Gasteiger partial charge in [0.25, 0.3) is 23.5 Å². The number of ketones is 1. The number of halogens is 5. The molecule has 0 spiro atoms. The number of carbonyl (C=O) groups excluding carboxylic acids is 4. The van der Waals surface area contributed by atoms with Gasteiger partial charge in [0.15, 0.2) is 11.6 Å². The molecule has 1 aliphatic heterocycles. The summed E-state index contributed by atoms with van der Waals surface area (Å²) < 4.78 is 68.3. The molecule has 13 heteroatoms. The quantitative estimate of drug-likeness (QED) is 0.331. The summed E-state index contributed by atoms with van der Waals surface area (Å²) in [6.07, 6.45) is -4.46. The van der Waals surface area contributed by atoms with Gasteiger partial charge >= 0.3 is 6.18 Å². The number of alkyl halides is 3. The zero-order chi connectivity index (χ0) is 25.4. The zero-order valence-corrected chi connectivity index (χ0v) is 17.9. The molecule has 0 bridgehead atoms. The Morgan fingerprint density at radius 1 is 1.03 bits per heavy atom. The van der Waals surface area contributed by atoms with Gasteiger partial charge in [-0.05, 0) is 38.0 Å². The molecule has 2 aromatic rings. The number of nitrogens with one attached hydrogen (secondary N) is 3. The van der Waals surface area contributed by atoms with E-state index in [4.69, 9.17) is 0 Å². The van der Waals surface area contributed by atoms with Crippen molar-refractivity contribution in [2.75, 3.05) is 12.4 Å². The minimum absolute atomic E-state index is 0.0745. The molecular weight excluding hydrogens is 467 g/mol. The van der Waals surface area contributed by atoms with Crippen molar-refractivity contribution in [1.29, 1.82) is 0 Å². The standard InChI is InChI=1S/C21H19F5N4O4/c1-20(19(34)27-2,21(24,25)26)29-18(33)16(31)11-9-15(30-7-3-4-14(11)30)17(32)28-10-5-6-12(22)13(23)8-10/h5-6,8-9H,3-4,7H2,1-2H3,(H,27,34)(H,28,32)(H,29,33)/t20-/m0/s1. The second kappa shape index (κ2) is 8.88. The lowest BCUT2D eigenvalue weighted by molar-refractivity contribution is -0.196. The number of likely N-dealkylation sites (N-methyl/N-ethyl adjacent to an activating group) is 1. The predicted molar refractivity (Wildman–Crippen MR) is 108 cm³/mol. The Balaban J connectivity index is 1.89. The number of carbonyl (C=O) groups is 4. The van der Waals surface area contributed by atoms with Gasteiger partial charge in [-0.1, -0.05) is 0 Å². The molecule has 1 aliphatic rings. The Kier molecular flexibility index (Phi) is 6.49. The van der Waals surface area contributed by atoms with Gasteiger partial charge in [-0.3, -0.25) is 19.2 Å². The summed E-state index contributed by atoms with van der Waals surface area (Å²) in [5, 5.41) is 5.58. The van der Waals surface area contributed by atoms with Gasteiger partial charge in [0.05, 0.1) is 0 Å². The van der Waals surface area contributed by atoms with E-state index in [-0.39, 0.29) is 35.6 Å². The number of benzene rings is 1. The molecule has 182 valence electrons. The normalized spacial score (nSPS) is 14.7. The molecule has 8 nitrogen and oxygen atoms in total. The van der Waals surface area contributed by atoms with E-state index in [1.807, 2.05) is 0 Å². The highest BCUT2D eigenvalue weighted by molar-refractivity contribution is 6.43. The van der Waals surface area contributed by atoms with E-state index >= 15 is 0 Å². The van der Waals surface area contributed by atoms with Crippen LogP contribution in [0.1, 0.15) is 39.9 Å². The molecule has 1 aromatic heterocycles. The van der Waals surface area contributed by atoms with Crippen molar-refractivity contribution >= 4 is 29.2 Å². The van der Waals surface area contributed by atoms with Gasteiger partial charge < -0.3 is 20.5 Å². The van der Waals surface area contributed by atoms with Crippen molar-refractivity contribution < 1.29 is 41.1 Å². The SMILES string of the molecule is CNC(=O)[C@](C)(NC(=O)C(=O)c1cc(C(=O)Nc2ccc(F)c(F)c2)n2c1CCC2)C(F)(F)F. The molecule has 0 unspecified atom stereocenters. The summed E-state index contributed by atoms with van der Waals surface area (Å²) >= 11 is 0. The van der Waals surface area contributed by atoms with Crippen molar-refractivity contribution in [3.05, 3.63) is 52.9 Å². The van der Waals surface area contributed by atoms with Gasteiger partial charge in [-0.15, -0.1) is 0 Å². The summed E-state index contributed by atoms with van der Waals surface area (Å²) in [6, 6.07) is 3.70. The molecule has 3 rings (SSSR count). The molecule has 0 saturated heterocycles. The van der Waals surface area contributed by atoms with Crippen molar-refractivity contribution in [1.82, 2.24) is 15.2 Å². The first kappa shape index (κ1) is 24.9. The van der Waals surface area contributed by atoms with Crippen molar-refractivity contribution in [2.45, 2.75) is 38.0 Å². The van der Waals surface area contributed by atoms with Crippen LogP contribution in [0.4, 0.5) is 27.6 Å². The zero-order valence-electron chi connectivity index (χ0n) is 17.9. The van der Waals surface area contributed by atoms with Gasteiger partial charge in [0.1, 0.15) is 5.69 Å². The van der Waals surface area contributed by atoms with E-state index in [0.717, 1.165) is 31.3 Å². The number of aromatic nitrogens is 1. The van der Waals surface area contributed by atoms with E-state index in [1.165, 1.54) is 9.88 Å². The molecule has 2 heterocycles. The van der Waals surface area contributed by atoms with Crippen molar-refractivity contribution in [2.24, 2.45) is 0 Å². The number of nitrogens with zero attached hydrogens (tertiary/aromatic N) is 1. The molecule has 1 aromatic carbocycles. The first-order valence-electron chi connectivity index (χ1n) is 9.94. The van der Waals surface area contributed by atoms with Crippen molar-refractivity contribution in [3.8, 4) is 0 Å². The Labute approximate surface area is 189 Å². The fourth-order valence-corrected chi connectivity index (χ4v) is 3.58. The van der Waals surface area contributed by atoms with Crippen LogP contribution < -0.4 is 16.0 Å². The molecule has 1 atom stereocenters. The second-order valence-electron chi connectivity index (χ2n) is 7.71. The fourth-order valence-electron chi connectivity index (χ4n) is 3.58. The average molecular weight is 486 g/mol. The Morgan fingerprint density at radius 3 is 2.29 bits per heavy atom. The van der Waals surface area contributed by atoms with Crippen LogP contribution in [0, 0.1) is 11.6 Å². The minimum atomic E-state index is -5.21. The van der Waals surface area contributed by atoms with Crippen LogP contribution in [0.2, 0.25) is 0 Å². The maximum absolute atomic E-state index is 13.5. The molecule has 0 aliphatic carbocycles. The first-order valence-corrected chi connectivity index (χ1v) is 9.94. The molecular formula is C21H19F5N4O4. The molecule has 3 N–H and O–H groups in total. The fraction of sp³-hybridized carbons (Fsp3) is 0.333. The first-order chi connectivity index (χ1) is 15.8. The number of anilines is 1. The third kappa shape index (κ3) is 4.37. The van der Waals surface area contributed by atoms with E-state index in [0.29, 0.717) is 13.3 Å². The Morgan fingerprint density at radius 2 is 1.71 bits per heavy atom. The summed E-state index contributed by atoms with van der Waals surface area (Å²) in [5.74, 6) is -7.75. The van der Waals surface area contributed by atoms with Crippen LogP contribution in [0.3, 0.4) is 0 Å². The third-order valence-electron chi connectivity index (χ3n) is 5.48. The number of Topliss-reactive ketones (excluding diaryl/α,β-unsaturated/α-hetero) is 1. The van der Waals surface area contributed by atoms with Crippen molar-refractivity contribution in [3.63, 3.8) is 0 Å². The van der Waals surface area contributed by atoms with Gasteiger partial charge in [-0.25, -0.2) is 8.78 Å². The average Bonchev–Trinajstić information content (AvgIpc) is 3.37. The van der Waals surface area contributed by atoms with E-state index < -0.39 is 46.9 Å². The van der Waals surface area contributed by atoms with E-state index in [9.17, 15) is 41.1 Å². The van der Waals surface area contributed by atoms with Gasteiger partial charge in [0.2, 0.25) is 5.54 Å². The Bertz CT molecular complexity index is 1190. The molecule has 34 heavy (non-hydrogen) atoms. The lowest BCUT2D eigenvalue weighted by Gasteiger charge is -2.30. The van der Waals surface area contributed by atoms with Gasteiger partial charge in [-0.2, -0.15) is 13.2 Å². The summed E-state index contributed by atoms with van der Waals surface area (Å²) in [7, 11) is 0.943. The molecule has 3 amide bonds. The summed E-state index contributed by atoms with van der Waals surface area (Å²) in [5.41, 5.74) is -3.59. The lowest BCUT2D eigenvalue weighted by Crippen LogP contribution is -2.65. The number of amides is 3. The predicted octanol–water partition coefficient (Wildman–Crippen LogP) is 2.33. The lowest BCUT2D eigenvalue weighted by atomic mass is 9.99. The van der Waals surface area contributed by atoms with Crippen LogP contribution in [0.25, 0.3) is 0 Å². The van der Waals surface area contributed by atoms with E-state index in [1.54, 1.807) is 5.32 Å². The van der Waals surface area contributed by atoms with Gasteiger partial charge in [0, 0.05) is 36.6 Å². The number of hydrogen-bond acceptors (Lipinski definition) is 4. The highest BCUT2D eigenvalue weighted by atomic mass is 19.4. The highest BCUT2D eigenvalue weighted by Gasteiger charge is 2.58. The van der Waals surface area contributed by atoms with Crippen LogP contribution in [-0.2, 0) is 22.6 Å². The summed E-state index contributed by atoms with van der Waals surface area (Å²) in [6.45, 7) is 0.700. The Hall–Kier alpha value is -3.77. The van der Waals surface area contributed by atoms with E-state index in [2.05, 4.69) is 5.32 Å². The minimum Gasteiger partial charge on any atom is -0.357 e. The van der Waals surface area contributed by atoms with Crippen LogP contribution in [-0.4, -0.2) is 46.8 Å². The number of fused-ring (bicyclic) bond motifs is 1. The largest absolute Gasteiger partial charge is 0.420 e. The third-order valence-corrected chi connectivity index (χ3v) is 5.48.